The summed E-state index contributed by atoms with van der Waals surface area (Å²) in [5, 5.41) is 0.692. The molecule has 0 fully saturated rings. The van der Waals surface area contributed by atoms with Crippen LogP contribution in [0.3, 0.4) is 0 Å². The molecule has 0 saturated heterocycles. The van der Waals surface area contributed by atoms with Gasteiger partial charge in [-0.2, -0.15) is 0 Å². The predicted molar refractivity (Wildman–Crippen MR) is 112 cm³/mol. The lowest BCUT2D eigenvalue weighted by atomic mass is 10.1. The molecule has 1 amide bonds. The molecule has 0 aliphatic carbocycles. The van der Waals surface area contributed by atoms with E-state index in [0.29, 0.717) is 34.6 Å². The van der Waals surface area contributed by atoms with Crippen LogP contribution in [0, 0.1) is 25.7 Å². The minimum absolute atomic E-state index is 0.0833. The van der Waals surface area contributed by atoms with E-state index >= 15 is 0 Å². The summed E-state index contributed by atoms with van der Waals surface area (Å²) in [4.78, 5) is 36.2. The van der Waals surface area contributed by atoms with Crippen LogP contribution < -0.4 is 5.56 Å². The smallest absolute Gasteiger partial charge is 0.259 e. The SMILES string of the molecule is Cc1sc2nc(CSCC(=O)N(CC(C)C)CC(C)C)[nH]c(=O)c2c1C. The Morgan fingerprint density at radius 2 is 1.81 bits per heavy atom. The van der Waals surface area contributed by atoms with Crippen LogP contribution in [-0.4, -0.2) is 39.6 Å². The molecule has 2 aromatic heterocycles. The Morgan fingerprint density at radius 3 is 2.38 bits per heavy atom. The van der Waals surface area contributed by atoms with Gasteiger partial charge in [0.15, 0.2) is 0 Å². The first-order valence-electron chi connectivity index (χ1n) is 9.03. The summed E-state index contributed by atoms with van der Waals surface area (Å²) in [7, 11) is 0. The molecule has 2 aromatic rings. The van der Waals surface area contributed by atoms with Crippen molar-refractivity contribution in [3.05, 3.63) is 26.6 Å². The van der Waals surface area contributed by atoms with Gasteiger partial charge in [-0.25, -0.2) is 4.98 Å². The van der Waals surface area contributed by atoms with Gasteiger partial charge in [-0.1, -0.05) is 27.7 Å². The van der Waals surface area contributed by atoms with E-state index in [9.17, 15) is 9.59 Å². The van der Waals surface area contributed by atoms with Gasteiger partial charge in [0.05, 0.1) is 16.9 Å². The number of nitrogens with one attached hydrogen (secondary N) is 1. The van der Waals surface area contributed by atoms with Gasteiger partial charge in [-0.3, -0.25) is 9.59 Å². The lowest BCUT2D eigenvalue weighted by Gasteiger charge is -2.26. The Bertz CT molecular complexity index is 814. The van der Waals surface area contributed by atoms with Crippen molar-refractivity contribution in [2.75, 3.05) is 18.8 Å². The highest BCUT2D eigenvalue weighted by molar-refractivity contribution is 7.99. The average molecular weight is 396 g/mol. The fourth-order valence-corrected chi connectivity index (χ4v) is 4.69. The fraction of sp³-hybridized carbons (Fsp3) is 0.632. The molecule has 26 heavy (non-hydrogen) atoms. The van der Waals surface area contributed by atoms with Crippen molar-refractivity contribution in [1.82, 2.24) is 14.9 Å². The van der Waals surface area contributed by atoms with Gasteiger partial charge >= 0.3 is 0 Å². The number of amides is 1. The van der Waals surface area contributed by atoms with Crippen LogP contribution >= 0.6 is 23.1 Å². The van der Waals surface area contributed by atoms with Crippen molar-refractivity contribution in [3.8, 4) is 0 Å². The third kappa shape index (κ3) is 5.33. The van der Waals surface area contributed by atoms with Crippen molar-refractivity contribution >= 4 is 39.2 Å². The molecule has 5 nitrogen and oxygen atoms in total. The van der Waals surface area contributed by atoms with E-state index in [1.165, 1.54) is 11.8 Å². The van der Waals surface area contributed by atoms with Gasteiger partial charge in [0, 0.05) is 18.0 Å². The zero-order chi connectivity index (χ0) is 19.4. The second-order valence-electron chi connectivity index (χ2n) is 7.56. The number of aromatic nitrogens is 2. The number of nitrogens with zero attached hydrogens (tertiary/aromatic N) is 2. The molecule has 1 N–H and O–H groups in total. The van der Waals surface area contributed by atoms with Gasteiger partial charge in [0.25, 0.3) is 5.56 Å². The minimum atomic E-state index is -0.0833. The number of carbonyl (C=O) groups is 1. The maximum Gasteiger partial charge on any atom is 0.259 e. The number of H-pyrrole nitrogens is 1. The first-order valence-corrected chi connectivity index (χ1v) is 11.0. The number of rotatable bonds is 8. The van der Waals surface area contributed by atoms with E-state index < -0.39 is 0 Å². The number of thiophene rings is 1. The van der Waals surface area contributed by atoms with E-state index in [0.717, 1.165) is 28.4 Å². The van der Waals surface area contributed by atoms with Crippen LogP contribution in [0.5, 0.6) is 0 Å². The molecule has 0 unspecified atom stereocenters. The summed E-state index contributed by atoms with van der Waals surface area (Å²) >= 11 is 3.06. The molecule has 2 heterocycles. The van der Waals surface area contributed by atoms with E-state index in [-0.39, 0.29) is 11.5 Å². The maximum absolute atomic E-state index is 12.5. The number of aromatic amines is 1. The van der Waals surface area contributed by atoms with Crippen molar-refractivity contribution < 1.29 is 4.79 Å². The van der Waals surface area contributed by atoms with Gasteiger partial charge in [-0.15, -0.1) is 23.1 Å². The number of hydrogen-bond donors (Lipinski definition) is 1. The summed E-state index contributed by atoms with van der Waals surface area (Å²) in [5.74, 6) is 2.64. The molecule has 0 aromatic carbocycles. The molecule has 0 saturated carbocycles. The zero-order valence-corrected chi connectivity index (χ0v) is 18.1. The summed E-state index contributed by atoms with van der Waals surface area (Å²) in [6, 6.07) is 0. The number of fused-ring (bicyclic) bond motifs is 1. The zero-order valence-electron chi connectivity index (χ0n) is 16.5. The number of carbonyl (C=O) groups excluding carboxylic acids is 1. The van der Waals surface area contributed by atoms with Gasteiger partial charge in [-0.05, 0) is 31.2 Å². The highest BCUT2D eigenvalue weighted by atomic mass is 32.2. The first-order chi connectivity index (χ1) is 12.2. The van der Waals surface area contributed by atoms with E-state index in [2.05, 4.69) is 37.7 Å². The molecule has 0 bridgehead atoms. The van der Waals surface area contributed by atoms with Crippen LogP contribution in [-0.2, 0) is 10.5 Å². The van der Waals surface area contributed by atoms with Gasteiger partial charge in [0.1, 0.15) is 10.7 Å². The average Bonchev–Trinajstić information content (AvgIpc) is 2.80. The normalized spacial score (nSPS) is 11.7. The van der Waals surface area contributed by atoms with Crippen molar-refractivity contribution in [2.24, 2.45) is 11.8 Å². The molecule has 144 valence electrons. The highest BCUT2D eigenvalue weighted by Crippen LogP contribution is 2.26. The Labute approximate surface area is 163 Å². The Morgan fingerprint density at radius 1 is 1.19 bits per heavy atom. The van der Waals surface area contributed by atoms with Crippen molar-refractivity contribution in [3.63, 3.8) is 0 Å². The van der Waals surface area contributed by atoms with Crippen LogP contribution in [0.2, 0.25) is 0 Å². The fourth-order valence-electron chi connectivity index (χ4n) is 2.85. The molecule has 2 rings (SSSR count). The number of thioether (sulfide) groups is 1. The first kappa shape index (κ1) is 21.0. The lowest BCUT2D eigenvalue weighted by molar-refractivity contribution is -0.129. The standard InChI is InChI=1S/C19H29N3O2S2/c1-11(2)7-22(8-12(3)4)16(23)10-25-9-15-20-18(24)17-13(5)14(6)26-19(17)21-15/h11-12H,7-10H2,1-6H3,(H,20,21,24). The van der Waals surface area contributed by atoms with Gasteiger partial charge in [0.2, 0.25) is 5.91 Å². The quantitative estimate of drug-likeness (QED) is 0.734. The largest absolute Gasteiger partial charge is 0.341 e. The molecular formula is C19H29N3O2S2. The van der Waals surface area contributed by atoms with E-state index in [1.54, 1.807) is 11.3 Å². The summed E-state index contributed by atoms with van der Waals surface area (Å²) in [6.07, 6.45) is 0. The highest BCUT2D eigenvalue weighted by Gasteiger charge is 2.17. The Balaban J connectivity index is 2.01. The molecule has 0 atom stereocenters. The molecule has 0 radical (unpaired) electrons. The van der Waals surface area contributed by atoms with Crippen molar-refractivity contribution in [2.45, 2.75) is 47.3 Å². The maximum atomic E-state index is 12.5. The van der Waals surface area contributed by atoms with Crippen LogP contribution in [0.1, 0.15) is 44.0 Å². The summed E-state index contributed by atoms with van der Waals surface area (Å²) in [6.45, 7) is 14.0. The van der Waals surface area contributed by atoms with Crippen LogP contribution in [0.4, 0.5) is 0 Å². The van der Waals surface area contributed by atoms with Crippen LogP contribution in [0.15, 0.2) is 4.79 Å². The Kier molecular flexibility index (Phi) is 7.29. The predicted octanol–water partition coefficient (Wildman–Crippen LogP) is 3.98. The lowest BCUT2D eigenvalue weighted by Crippen LogP contribution is -2.38. The molecule has 0 aliphatic heterocycles. The van der Waals surface area contributed by atoms with E-state index in [1.807, 2.05) is 18.7 Å². The van der Waals surface area contributed by atoms with Crippen LogP contribution in [0.25, 0.3) is 10.2 Å². The second kappa shape index (κ2) is 9.04. The third-order valence-corrected chi connectivity index (χ3v) is 6.11. The molecular weight excluding hydrogens is 366 g/mol. The molecule has 0 aliphatic rings. The third-order valence-electron chi connectivity index (χ3n) is 4.08. The summed E-state index contributed by atoms with van der Waals surface area (Å²) < 4.78 is 0. The summed E-state index contributed by atoms with van der Waals surface area (Å²) in [5.41, 5.74) is 0.922. The Hall–Kier alpha value is -1.34. The van der Waals surface area contributed by atoms with Crippen molar-refractivity contribution in [1.29, 1.82) is 0 Å². The molecule has 0 spiro atoms. The van der Waals surface area contributed by atoms with E-state index in [4.69, 9.17) is 0 Å². The monoisotopic (exact) mass is 395 g/mol. The molecule has 7 heteroatoms. The second-order valence-corrected chi connectivity index (χ2v) is 9.74. The topological polar surface area (TPSA) is 66.1 Å². The van der Waals surface area contributed by atoms with Gasteiger partial charge < -0.3 is 9.88 Å². The minimum Gasteiger partial charge on any atom is -0.341 e. The number of aryl methyl sites for hydroxylation is 2. The number of hydrogen-bond acceptors (Lipinski definition) is 5.